The molecule has 0 amide bonds. The molecule has 0 saturated carbocycles. The molecule has 0 atom stereocenters. The highest BCUT2D eigenvalue weighted by molar-refractivity contribution is 8.05. The number of unbranched alkanes of at least 4 members (excludes halogenated alkanes) is 2. The van der Waals surface area contributed by atoms with Crippen LogP contribution in [-0.4, -0.2) is 22.3 Å². The number of sulfonamides is 2. The lowest BCUT2D eigenvalue weighted by Crippen LogP contribution is -2.40. The van der Waals surface area contributed by atoms with Gasteiger partial charge in [-0.1, -0.05) is 55.1 Å². The summed E-state index contributed by atoms with van der Waals surface area (Å²) in [6, 6.07) is 26.7. The molecule has 13 heteroatoms. The van der Waals surface area contributed by atoms with Crippen molar-refractivity contribution in [3.05, 3.63) is 102 Å². The molecule has 0 aliphatic heterocycles. The Balaban J connectivity index is 1.57. The van der Waals surface area contributed by atoms with Gasteiger partial charge in [-0.15, -0.1) is 0 Å². The average molecular weight is 675 g/mol. The van der Waals surface area contributed by atoms with Crippen molar-refractivity contribution in [3.63, 3.8) is 0 Å². The molecular weight excluding hydrogens is 638 g/mol. The summed E-state index contributed by atoms with van der Waals surface area (Å²) < 4.78 is 86.2. The van der Waals surface area contributed by atoms with E-state index in [0.29, 0.717) is 11.4 Å². The summed E-state index contributed by atoms with van der Waals surface area (Å²) >= 11 is 0. The van der Waals surface area contributed by atoms with Crippen LogP contribution in [0.2, 0.25) is 0 Å². The first-order valence-electron chi connectivity index (χ1n) is 14.9. The fraction of sp³-hybridized carbons (Fsp3) is 0.273. The summed E-state index contributed by atoms with van der Waals surface area (Å²) in [6.45, 7) is 4.31. The zero-order chi connectivity index (χ0) is 33.4. The van der Waals surface area contributed by atoms with E-state index in [1.54, 1.807) is 0 Å². The topological polar surface area (TPSA) is 116 Å². The van der Waals surface area contributed by atoms with E-state index < -0.39 is 30.5 Å². The number of nitrogens with one attached hydrogen (secondary N) is 4. The van der Waals surface area contributed by atoms with Gasteiger partial charge in [0, 0.05) is 34.1 Å². The molecule has 4 aromatic carbocycles. The number of rotatable bonds is 15. The second-order valence-electron chi connectivity index (χ2n) is 10.8. The first-order chi connectivity index (χ1) is 21.8. The quantitative estimate of drug-likeness (QED) is 0.0997. The Bertz CT molecular complexity index is 1740. The monoisotopic (exact) mass is 674 g/mol. The molecule has 46 heavy (non-hydrogen) atoms. The van der Waals surface area contributed by atoms with Gasteiger partial charge >= 0.3 is 15.5 Å². The van der Waals surface area contributed by atoms with Gasteiger partial charge in [-0.3, -0.25) is 0 Å². The van der Waals surface area contributed by atoms with E-state index in [1.165, 1.54) is 23.3 Å². The van der Waals surface area contributed by atoms with Gasteiger partial charge in [0.25, 0.3) is 10.0 Å². The van der Waals surface area contributed by atoms with Crippen LogP contribution in [0.3, 0.4) is 0 Å². The van der Waals surface area contributed by atoms with Gasteiger partial charge < -0.3 is 16.0 Å². The molecule has 246 valence electrons. The molecule has 0 radical (unpaired) electrons. The largest absolute Gasteiger partial charge is 0.512 e. The number of alkyl halides is 3. The third kappa shape index (κ3) is 9.71. The number of hydrogen-bond donors (Lipinski definition) is 4. The number of halogens is 3. The predicted octanol–water partition coefficient (Wildman–Crippen LogP) is 8.73. The van der Waals surface area contributed by atoms with E-state index in [1.807, 2.05) is 42.5 Å². The number of hydrogen-bond acceptors (Lipinski definition) is 7. The highest BCUT2D eigenvalue weighted by atomic mass is 32.3. The molecule has 8 nitrogen and oxygen atoms in total. The van der Waals surface area contributed by atoms with Crippen molar-refractivity contribution >= 4 is 54.2 Å². The third-order valence-corrected chi connectivity index (χ3v) is 10.3. The van der Waals surface area contributed by atoms with Crippen LogP contribution in [0.4, 0.5) is 47.3 Å². The molecule has 0 saturated heterocycles. The first kappa shape index (κ1) is 34.8. The fourth-order valence-electron chi connectivity index (χ4n) is 4.57. The number of benzene rings is 4. The summed E-state index contributed by atoms with van der Waals surface area (Å²) in [4.78, 5) is -0.645. The Hall–Kier alpha value is -4.07. The fourth-order valence-corrected chi connectivity index (χ4v) is 6.99. The second kappa shape index (κ2) is 15.0. The van der Waals surface area contributed by atoms with Crippen LogP contribution in [0.15, 0.2) is 95.9 Å². The van der Waals surface area contributed by atoms with Gasteiger partial charge in [0.15, 0.2) is 0 Å². The van der Waals surface area contributed by atoms with Gasteiger partial charge in [0.05, 0.1) is 4.90 Å². The molecule has 0 spiro atoms. The van der Waals surface area contributed by atoms with Crippen LogP contribution in [-0.2, 0) is 32.9 Å². The van der Waals surface area contributed by atoms with Crippen LogP contribution in [0.25, 0.3) is 0 Å². The van der Waals surface area contributed by atoms with E-state index in [-0.39, 0.29) is 0 Å². The Morgan fingerprint density at radius 1 is 0.543 bits per heavy atom. The second-order valence-corrected chi connectivity index (χ2v) is 14.5. The van der Waals surface area contributed by atoms with E-state index in [9.17, 15) is 30.0 Å². The predicted molar refractivity (Wildman–Crippen MR) is 178 cm³/mol. The first-order valence-corrected chi connectivity index (χ1v) is 17.8. The molecule has 4 rings (SSSR count). The lowest BCUT2D eigenvalue weighted by atomic mass is 10.1. The molecule has 0 heterocycles. The average Bonchev–Trinajstić information content (AvgIpc) is 2.99. The molecular formula is C33H37F3N4O4S2. The number of aryl methyl sites for hydroxylation is 2. The molecule has 0 fully saturated rings. The van der Waals surface area contributed by atoms with Crippen molar-refractivity contribution in [3.8, 4) is 0 Å². The third-order valence-electron chi connectivity index (χ3n) is 7.03. The standard InChI is InChI=1S/C33H37F3N4O4S2/c1-3-5-7-24-9-13-26(14-10-24)37-29-21-30(38-27-15-11-25(12-16-27)8-6-4-2)23-31(22-29)39-28-17-19-32(20-18-28)45(41,42)40-46(43,44)33(34,35)36/h9-23,37-40H,3-8H2,1-2H3. The van der Waals surface area contributed by atoms with Gasteiger partial charge in [0.2, 0.25) is 0 Å². The maximum atomic E-state index is 12.7. The van der Waals surface area contributed by atoms with Crippen LogP contribution in [0.5, 0.6) is 0 Å². The SMILES string of the molecule is CCCCc1ccc(Nc2cc(Nc3ccc(CCCC)cc3)cc(Nc3ccc(S(=O)(=O)NS(=O)(=O)C(F)(F)F)cc3)c2)cc1. The Morgan fingerprint density at radius 2 is 0.891 bits per heavy atom. The molecule has 0 aliphatic rings. The lowest BCUT2D eigenvalue weighted by molar-refractivity contribution is -0.0441. The summed E-state index contributed by atoms with van der Waals surface area (Å²) in [5.41, 5.74) is 1.07. The van der Waals surface area contributed by atoms with E-state index in [4.69, 9.17) is 0 Å². The molecule has 0 aliphatic carbocycles. The van der Waals surface area contributed by atoms with Crippen molar-refractivity contribution in [1.82, 2.24) is 4.13 Å². The maximum Gasteiger partial charge on any atom is 0.512 e. The van der Waals surface area contributed by atoms with Crippen molar-refractivity contribution in [2.45, 2.75) is 62.8 Å². The zero-order valence-electron chi connectivity index (χ0n) is 25.5. The Kier molecular flexibility index (Phi) is 11.4. The minimum atomic E-state index is -6.10. The van der Waals surface area contributed by atoms with Crippen molar-refractivity contribution in [2.24, 2.45) is 0 Å². The Morgan fingerprint density at radius 3 is 1.22 bits per heavy atom. The van der Waals surface area contributed by atoms with Crippen LogP contribution >= 0.6 is 0 Å². The molecule has 4 aromatic rings. The smallest absolute Gasteiger partial charge is 0.355 e. The molecule has 0 bridgehead atoms. The molecule has 0 unspecified atom stereocenters. The van der Waals surface area contributed by atoms with Gasteiger partial charge in [0.1, 0.15) is 0 Å². The maximum absolute atomic E-state index is 12.7. The highest BCUT2D eigenvalue weighted by Gasteiger charge is 2.48. The number of anilines is 6. The van der Waals surface area contributed by atoms with Crippen molar-refractivity contribution < 1.29 is 30.0 Å². The van der Waals surface area contributed by atoms with Gasteiger partial charge in [-0.25, -0.2) is 16.8 Å². The highest BCUT2D eigenvalue weighted by Crippen LogP contribution is 2.31. The van der Waals surface area contributed by atoms with Crippen LogP contribution in [0, 0.1) is 0 Å². The molecule has 4 N–H and O–H groups in total. The summed E-state index contributed by atoms with van der Waals surface area (Å²) in [5.74, 6) is 0. The van der Waals surface area contributed by atoms with E-state index >= 15 is 0 Å². The van der Waals surface area contributed by atoms with Crippen LogP contribution < -0.4 is 20.1 Å². The van der Waals surface area contributed by atoms with Crippen LogP contribution in [0.1, 0.15) is 50.7 Å². The van der Waals surface area contributed by atoms with Gasteiger partial charge in [-0.05, 0) is 104 Å². The minimum Gasteiger partial charge on any atom is -0.355 e. The minimum absolute atomic E-state index is 0.418. The summed E-state index contributed by atoms with van der Waals surface area (Å²) in [7, 11) is -11.1. The normalized spacial score (nSPS) is 12.1. The summed E-state index contributed by atoms with van der Waals surface area (Å²) in [5, 5.41) is 10.0. The zero-order valence-corrected chi connectivity index (χ0v) is 27.1. The molecule has 0 aromatic heterocycles. The summed E-state index contributed by atoms with van der Waals surface area (Å²) in [6.07, 6.45) is 6.49. The van der Waals surface area contributed by atoms with Crippen molar-refractivity contribution in [1.29, 1.82) is 0 Å². The van der Waals surface area contributed by atoms with E-state index in [0.717, 1.165) is 77.5 Å². The lowest BCUT2D eigenvalue weighted by Gasteiger charge is -2.16. The Labute approximate surface area is 268 Å². The van der Waals surface area contributed by atoms with E-state index in [2.05, 4.69) is 54.1 Å². The van der Waals surface area contributed by atoms with Crippen molar-refractivity contribution in [2.75, 3.05) is 16.0 Å². The van der Waals surface area contributed by atoms with Gasteiger partial charge in [-0.2, -0.15) is 13.2 Å².